The number of nitrogen functional groups attached to an aromatic ring is 1. The highest BCUT2D eigenvalue weighted by molar-refractivity contribution is 5.61. The monoisotopic (exact) mass is 297 g/mol. The molecule has 21 heavy (non-hydrogen) atoms. The highest BCUT2D eigenvalue weighted by Crippen LogP contribution is 2.32. The summed E-state index contributed by atoms with van der Waals surface area (Å²) in [7, 11) is 0. The molecule has 0 spiro atoms. The van der Waals surface area contributed by atoms with Gasteiger partial charge in [0.25, 0.3) is 0 Å². The molecule has 0 fully saturated rings. The van der Waals surface area contributed by atoms with Gasteiger partial charge >= 0.3 is 6.18 Å². The van der Waals surface area contributed by atoms with Gasteiger partial charge in [-0.3, -0.25) is 5.43 Å². The zero-order valence-corrected chi connectivity index (χ0v) is 11.2. The van der Waals surface area contributed by atoms with Gasteiger partial charge in [-0.2, -0.15) is 18.2 Å². The molecule has 1 aromatic carbocycles. The summed E-state index contributed by atoms with van der Waals surface area (Å²) >= 11 is 0. The van der Waals surface area contributed by atoms with Crippen LogP contribution in [0.5, 0.6) is 0 Å². The fourth-order valence-corrected chi connectivity index (χ4v) is 1.87. The van der Waals surface area contributed by atoms with Crippen molar-refractivity contribution in [1.29, 1.82) is 0 Å². The SMILES string of the molecule is CCN(c1ccccc1)c1cc(C(F)(F)F)nc(NN)n1. The second-order valence-electron chi connectivity index (χ2n) is 4.16. The third-order valence-electron chi connectivity index (χ3n) is 2.79. The molecule has 0 saturated heterocycles. The first-order valence-electron chi connectivity index (χ1n) is 6.21. The second kappa shape index (κ2) is 5.96. The van der Waals surface area contributed by atoms with E-state index in [0.29, 0.717) is 6.54 Å². The fraction of sp³-hybridized carbons (Fsp3) is 0.231. The Morgan fingerprint density at radius 3 is 2.38 bits per heavy atom. The van der Waals surface area contributed by atoms with Crippen LogP contribution in [0.2, 0.25) is 0 Å². The van der Waals surface area contributed by atoms with Gasteiger partial charge < -0.3 is 4.90 Å². The first-order valence-corrected chi connectivity index (χ1v) is 6.21. The zero-order valence-electron chi connectivity index (χ0n) is 11.2. The molecule has 0 aliphatic carbocycles. The van der Waals surface area contributed by atoms with Crippen molar-refractivity contribution in [3.8, 4) is 0 Å². The largest absolute Gasteiger partial charge is 0.433 e. The van der Waals surface area contributed by atoms with Gasteiger partial charge in [-0.25, -0.2) is 10.8 Å². The predicted molar refractivity (Wildman–Crippen MR) is 74.0 cm³/mol. The standard InChI is InChI=1S/C13H14F3N5/c1-2-21(9-6-4-3-5-7-9)11-8-10(13(14,15)16)18-12(19-11)20-17/h3-8H,2,17H2,1H3,(H,18,19,20). The van der Waals surface area contributed by atoms with Crippen LogP contribution in [-0.2, 0) is 6.18 Å². The van der Waals surface area contributed by atoms with Crippen LogP contribution in [0.1, 0.15) is 12.6 Å². The summed E-state index contributed by atoms with van der Waals surface area (Å²) in [5.41, 5.74) is 1.75. The molecule has 0 aliphatic rings. The van der Waals surface area contributed by atoms with Crippen LogP contribution in [0.25, 0.3) is 0 Å². The number of aromatic nitrogens is 2. The smallest absolute Gasteiger partial charge is 0.326 e. The van der Waals surface area contributed by atoms with E-state index < -0.39 is 11.9 Å². The van der Waals surface area contributed by atoms with Crippen LogP contribution in [0.15, 0.2) is 36.4 Å². The Balaban J connectivity index is 2.51. The van der Waals surface area contributed by atoms with Crippen LogP contribution in [0.3, 0.4) is 0 Å². The van der Waals surface area contributed by atoms with Gasteiger partial charge in [0, 0.05) is 18.3 Å². The number of hydrogen-bond donors (Lipinski definition) is 2. The average molecular weight is 297 g/mol. The summed E-state index contributed by atoms with van der Waals surface area (Å²) in [4.78, 5) is 8.96. The number of rotatable bonds is 4. The van der Waals surface area contributed by atoms with E-state index in [2.05, 4.69) is 15.4 Å². The number of nitrogens with one attached hydrogen (secondary N) is 1. The van der Waals surface area contributed by atoms with Crippen molar-refractivity contribution < 1.29 is 13.2 Å². The molecule has 112 valence electrons. The average Bonchev–Trinajstić information content (AvgIpc) is 2.48. The Morgan fingerprint density at radius 1 is 1.19 bits per heavy atom. The summed E-state index contributed by atoms with van der Waals surface area (Å²) in [6.45, 7) is 2.26. The van der Waals surface area contributed by atoms with E-state index in [9.17, 15) is 13.2 Å². The molecule has 0 saturated carbocycles. The molecule has 0 amide bonds. The number of halogens is 3. The molecule has 2 rings (SSSR count). The molecule has 8 heteroatoms. The number of hydrogen-bond acceptors (Lipinski definition) is 5. The maximum atomic E-state index is 12.9. The molecular formula is C13H14F3N5. The van der Waals surface area contributed by atoms with Crippen LogP contribution >= 0.6 is 0 Å². The van der Waals surface area contributed by atoms with E-state index in [1.165, 1.54) is 0 Å². The highest BCUT2D eigenvalue weighted by Gasteiger charge is 2.34. The molecule has 1 heterocycles. The predicted octanol–water partition coefficient (Wildman–Crippen LogP) is 2.94. The van der Waals surface area contributed by atoms with E-state index in [1.807, 2.05) is 13.0 Å². The lowest BCUT2D eigenvalue weighted by molar-refractivity contribution is -0.141. The number of benzene rings is 1. The Morgan fingerprint density at radius 2 is 1.86 bits per heavy atom. The van der Waals surface area contributed by atoms with Crippen molar-refractivity contribution in [3.63, 3.8) is 0 Å². The lowest BCUT2D eigenvalue weighted by atomic mass is 10.2. The molecular weight excluding hydrogens is 283 g/mol. The van der Waals surface area contributed by atoms with Crippen molar-refractivity contribution >= 4 is 17.5 Å². The molecule has 0 atom stereocenters. The first kappa shape index (κ1) is 15.0. The maximum Gasteiger partial charge on any atom is 0.433 e. The van der Waals surface area contributed by atoms with Gasteiger partial charge in [-0.15, -0.1) is 0 Å². The van der Waals surface area contributed by atoms with Crippen LogP contribution < -0.4 is 16.2 Å². The summed E-state index contributed by atoms with van der Waals surface area (Å²) in [5.74, 6) is 4.99. The van der Waals surface area contributed by atoms with Crippen LogP contribution in [0, 0.1) is 0 Å². The number of anilines is 3. The molecule has 0 radical (unpaired) electrons. The molecule has 0 bridgehead atoms. The van der Waals surface area contributed by atoms with Crippen molar-refractivity contribution in [2.24, 2.45) is 5.84 Å². The Kier molecular flexibility index (Phi) is 4.27. The molecule has 5 nitrogen and oxygen atoms in total. The Hall–Kier alpha value is -2.35. The Bertz CT molecular complexity index is 601. The lowest BCUT2D eigenvalue weighted by Gasteiger charge is -2.23. The molecule has 0 unspecified atom stereocenters. The van der Waals surface area contributed by atoms with Gasteiger partial charge in [-0.1, -0.05) is 18.2 Å². The summed E-state index contributed by atoms with van der Waals surface area (Å²) in [5, 5.41) is 0. The van der Waals surface area contributed by atoms with E-state index in [1.54, 1.807) is 29.2 Å². The topological polar surface area (TPSA) is 67.1 Å². The minimum Gasteiger partial charge on any atom is -0.326 e. The number of hydrazine groups is 1. The lowest BCUT2D eigenvalue weighted by Crippen LogP contribution is -2.22. The molecule has 0 aliphatic heterocycles. The summed E-state index contributed by atoms with van der Waals surface area (Å²) in [6, 6.07) is 9.89. The van der Waals surface area contributed by atoms with Crippen molar-refractivity contribution in [2.75, 3.05) is 16.9 Å². The third kappa shape index (κ3) is 3.40. The molecule has 2 aromatic rings. The summed E-state index contributed by atoms with van der Waals surface area (Å²) < 4.78 is 38.6. The minimum absolute atomic E-state index is 0.124. The Labute approximate surface area is 119 Å². The van der Waals surface area contributed by atoms with Crippen molar-refractivity contribution in [2.45, 2.75) is 13.1 Å². The maximum absolute atomic E-state index is 12.9. The van der Waals surface area contributed by atoms with Crippen molar-refractivity contribution in [1.82, 2.24) is 9.97 Å². The van der Waals surface area contributed by atoms with Crippen molar-refractivity contribution in [3.05, 3.63) is 42.1 Å². The molecule has 3 N–H and O–H groups in total. The number of nitrogens with two attached hydrogens (primary N) is 1. The van der Waals surface area contributed by atoms with E-state index >= 15 is 0 Å². The van der Waals surface area contributed by atoms with E-state index in [0.717, 1.165) is 11.8 Å². The number of para-hydroxylation sites is 1. The van der Waals surface area contributed by atoms with Crippen LogP contribution in [0.4, 0.5) is 30.6 Å². The number of alkyl halides is 3. The van der Waals surface area contributed by atoms with Crippen LogP contribution in [-0.4, -0.2) is 16.5 Å². The van der Waals surface area contributed by atoms with Gasteiger partial charge in [0.2, 0.25) is 5.95 Å². The zero-order chi connectivity index (χ0) is 15.5. The van der Waals surface area contributed by atoms with Gasteiger partial charge in [0.1, 0.15) is 5.82 Å². The second-order valence-corrected chi connectivity index (χ2v) is 4.16. The molecule has 1 aromatic heterocycles. The van der Waals surface area contributed by atoms with E-state index in [-0.39, 0.29) is 11.8 Å². The van der Waals surface area contributed by atoms with Gasteiger partial charge in [0.05, 0.1) is 0 Å². The minimum atomic E-state index is -4.57. The summed E-state index contributed by atoms with van der Waals surface area (Å²) in [6.07, 6.45) is -4.57. The van der Waals surface area contributed by atoms with E-state index in [4.69, 9.17) is 5.84 Å². The quantitative estimate of drug-likeness (QED) is 0.671. The van der Waals surface area contributed by atoms with Gasteiger partial charge in [0.15, 0.2) is 5.69 Å². The number of nitrogens with zero attached hydrogens (tertiary/aromatic N) is 3. The van der Waals surface area contributed by atoms with Gasteiger partial charge in [-0.05, 0) is 19.1 Å². The highest BCUT2D eigenvalue weighted by atomic mass is 19.4. The third-order valence-corrected chi connectivity index (χ3v) is 2.79. The fourth-order valence-electron chi connectivity index (χ4n) is 1.87. The first-order chi connectivity index (χ1) is 9.95. The normalized spacial score (nSPS) is 11.3.